The first-order chi connectivity index (χ1) is 13.1. The lowest BCUT2D eigenvalue weighted by Gasteiger charge is -2.19. The van der Waals surface area contributed by atoms with Gasteiger partial charge in [0.25, 0.3) is 5.91 Å². The molecule has 2 atom stereocenters. The zero-order valence-corrected chi connectivity index (χ0v) is 17.2. The standard InChI is InChI=1S/C21H23N3OS2/c1-4-13-26-18-11-7-5-9-16(18)22-20(25)14-24(3)15(2)21-23-17-10-6-8-12-19(17)27-21/h4-12,15H,1,13-14H2,2-3H3,(H,22,25)/p+1/t15-/m0/s1. The van der Waals surface area contributed by atoms with Crippen LogP contribution in [0.3, 0.4) is 0 Å². The zero-order valence-electron chi connectivity index (χ0n) is 15.6. The van der Waals surface area contributed by atoms with Gasteiger partial charge in [0.2, 0.25) is 0 Å². The number of thioether (sulfide) groups is 1. The Balaban J connectivity index is 1.64. The molecule has 1 unspecified atom stereocenters. The fourth-order valence-corrected chi connectivity index (χ4v) is 4.59. The first-order valence-corrected chi connectivity index (χ1v) is 10.7. The number of quaternary nitrogens is 1. The third-order valence-corrected chi connectivity index (χ3v) is 6.67. The lowest BCUT2D eigenvalue weighted by molar-refractivity contribution is -0.902. The fraction of sp³-hybridized carbons (Fsp3) is 0.238. The summed E-state index contributed by atoms with van der Waals surface area (Å²) in [6.07, 6.45) is 1.86. The third kappa shape index (κ3) is 4.97. The summed E-state index contributed by atoms with van der Waals surface area (Å²) >= 11 is 3.37. The van der Waals surface area contributed by atoms with Gasteiger partial charge in [-0.3, -0.25) is 4.79 Å². The maximum atomic E-state index is 12.6. The normalized spacial score (nSPS) is 13.3. The van der Waals surface area contributed by atoms with E-state index in [0.717, 1.165) is 31.8 Å². The van der Waals surface area contributed by atoms with Crippen molar-refractivity contribution in [1.29, 1.82) is 0 Å². The summed E-state index contributed by atoms with van der Waals surface area (Å²) in [4.78, 5) is 19.5. The Morgan fingerprint density at radius 3 is 2.81 bits per heavy atom. The van der Waals surface area contributed by atoms with Crippen molar-refractivity contribution in [3.8, 4) is 0 Å². The largest absolute Gasteiger partial charge is 0.322 e. The summed E-state index contributed by atoms with van der Waals surface area (Å²) in [6.45, 7) is 6.26. The number of aromatic nitrogens is 1. The van der Waals surface area contributed by atoms with E-state index in [0.29, 0.717) is 6.54 Å². The highest BCUT2D eigenvalue weighted by Crippen LogP contribution is 2.27. The molecule has 6 heteroatoms. The molecule has 140 valence electrons. The molecule has 0 saturated heterocycles. The Hall–Kier alpha value is -2.15. The van der Waals surface area contributed by atoms with Gasteiger partial charge in [0.05, 0.1) is 23.0 Å². The van der Waals surface area contributed by atoms with Crippen LogP contribution in [0, 0.1) is 0 Å². The van der Waals surface area contributed by atoms with Crippen molar-refractivity contribution in [2.45, 2.75) is 17.9 Å². The summed E-state index contributed by atoms with van der Waals surface area (Å²) in [5.41, 5.74) is 1.88. The number of carbonyl (C=O) groups excluding carboxylic acids is 1. The molecule has 0 radical (unpaired) electrons. The minimum Gasteiger partial charge on any atom is -0.322 e. The van der Waals surface area contributed by atoms with E-state index in [2.05, 4.69) is 24.9 Å². The third-order valence-electron chi connectivity index (χ3n) is 4.38. The summed E-state index contributed by atoms with van der Waals surface area (Å²) < 4.78 is 1.18. The van der Waals surface area contributed by atoms with Crippen LogP contribution in [0.25, 0.3) is 10.2 Å². The average Bonchev–Trinajstić information content (AvgIpc) is 3.10. The second-order valence-electron chi connectivity index (χ2n) is 6.41. The molecule has 3 aromatic rings. The molecule has 0 aliphatic heterocycles. The Morgan fingerprint density at radius 2 is 2.04 bits per heavy atom. The first kappa shape index (κ1) is 19.6. The maximum absolute atomic E-state index is 12.6. The number of rotatable bonds is 8. The van der Waals surface area contributed by atoms with Gasteiger partial charge in [-0.05, 0) is 31.2 Å². The lowest BCUT2D eigenvalue weighted by atomic mass is 10.3. The van der Waals surface area contributed by atoms with Gasteiger partial charge in [0.1, 0.15) is 6.04 Å². The van der Waals surface area contributed by atoms with Crippen LogP contribution in [-0.2, 0) is 4.79 Å². The van der Waals surface area contributed by atoms with Crippen molar-refractivity contribution in [2.24, 2.45) is 0 Å². The summed E-state index contributed by atoms with van der Waals surface area (Å²) in [5.74, 6) is 0.819. The SMILES string of the molecule is C=CCSc1ccccc1NC(=O)C[NH+](C)[C@@H](C)c1nc2ccccc2s1. The number of nitrogens with one attached hydrogen (secondary N) is 2. The Labute approximate surface area is 168 Å². The molecule has 1 heterocycles. The number of amides is 1. The molecule has 1 amide bonds. The highest BCUT2D eigenvalue weighted by atomic mass is 32.2. The van der Waals surface area contributed by atoms with E-state index in [1.807, 2.05) is 55.6 Å². The minimum absolute atomic E-state index is 0.00659. The van der Waals surface area contributed by atoms with Gasteiger partial charge in [-0.25, -0.2) is 4.98 Å². The molecular formula is C21H24N3OS2+. The molecule has 3 rings (SSSR count). The summed E-state index contributed by atoms with van der Waals surface area (Å²) in [6, 6.07) is 16.2. The molecule has 2 N–H and O–H groups in total. The van der Waals surface area contributed by atoms with E-state index in [-0.39, 0.29) is 11.9 Å². The van der Waals surface area contributed by atoms with E-state index in [1.54, 1.807) is 23.1 Å². The van der Waals surface area contributed by atoms with E-state index in [9.17, 15) is 4.79 Å². The fourth-order valence-electron chi connectivity index (χ4n) is 2.73. The molecule has 1 aromatic heterocycles. The molecule has 27 heavy (non-hydrogen) atoms. The van der Waals surface area contributed by atoms with Crippen molar-refractivity contribution >= 4 is 44.9 Å². The van der Waals surface area contributed by atoms with Gasteiger partial charge >= 0.3 is 0 Å². The van der Waals surface area contributed by atoms with Crippen molar-refractivity contribution in [1.82, 2.24) is 4.98 Å². The van der Waals surface area contributed by atoms with Gasteiger partial charge in [-0.1, -0.05) is 30.3 Å². The number of anilines is 1. The highest BCUT2D eigenvalue weighted by Gasteiger charge is 2.22. The number of fused-ring (bicyclic) bond motifs is 1. The number of likely N-dealkylation sites (N-methyl/N-ethyl adjacent to an activating group) is 1. The van der Waals surface area contributed by atoms with Crippen LogP contribution in [0.15, 0.2) is 66.1 Å². The Kier molecular flexibility index (Phi) is 6.66. The number of hydrogen-bond donors (Lipinski definition) is 2. The van der Waals surface area contributed by atoms with Crippen LogP contribution in [0.2, 0.25) is 0 Å². The molecule has 0 aliphatic carbocycles. The average molecular weight is 399 g/mol. The zero-order chi connectivity index (χ0) is 19.2. The summed E-state index contributed by atoms with van der Waals surface area (Å²) in [5, 5.41) is 4.11. The second kappa shape index (κ2) is 9.17. The topological polar surface area (TPSA) is 46.4 Å². The molecule has 0 fully saturated rings. The van der Waals surface area contributed by atoms with E-state index in [1.165, 1.54) is 4.70 Å². The van der Waals surface area contributed by atoms with Crippen LogP contribution in [-0.4, -0.2) is 30.2 Å². The minimum atomic E-state index is 0.00659. The van der Waals surface area contributed by atoms with E-state index in [4.69, 9.17) is 4.98 Å². The van der Waals surface area contributed by atoms with Gasteiger partial charge in [0, 0.05) is 10.6 Å². The monoisotopic (exact) mass is 398 g/mol. The molecule has 0 spiro atoms. The van der Waals surface area contributed by atoms with Crippen LogP contribution < -0.4 is 10.2 Å². The van der Waals surface area contributed by atoms with E-state index < -0.39 is 0 Å². The van der Waals surface area contributed by atoms with Gasteiger partial charge < -0.3 is 10.2 Å². The molecule has 0 bridgehead atoms. The highest BCUT2D eigenvalue weighted by molar-refractivity contribution is 7.99. The molecule has 2 aromatic carbocycles. The number of para-hydroxylation sites is 2. The molecule has 0 saturated carbocycles. The number of carbonyl (C=O) groups is 1. The van der Waals surface area contributed by atoms with Crippen LogP contribution in [0.1, 0.15) is 18.0 Å². The maximum Gasteiger partial charge on any atom is 0.279 e. The quantitative estimate of drug-likeness (QED) is 0.448. The van der Waals surface area contributed by atoms with Crippen molar-refractivity contribution in [3.63, 3.8) is 0 Å². The van der Waals surface area contributed by atoms with Gasteiger partial charge in [-0.2, -0.15) is 0 Å². The van der Waals surface area contributed by atoms with Crippen molar-refractivity contribution < 1.29 is 9.69 Å². The Morgan fingerprint density at radius 1 is 1.30 bits per heavy atom. The Bertz CT molecular complexity index is 905. The first-order valence-electron chi connectivity index (χ1n) is 8.89. The van der Waals surface area contributed by atoms with Crippen molar-refractivity contribution in [2.75, 3.05) is 24.7 Å². The van der Waals surface area contributed by atoms with E-state index >= 15 is 0 Å². The van der Waals surface area contributed by atoms with Crippen molar-refractivity contribution in [3.05, 3.63) is 66.2 Å². The number of benzene rings is 2. The van der Waals surface area contributed by atoms with Crippen LogP contribution >= 0.6 is 23.1 Å². The van der Waals surface area contributed by atoms with Gasteiger partial charge in [-0.15, -0.1) is 29.7 Å². The predicted octanol–water partition coefficient (Wildman–Crippen LogP) is 3.79. The predicted molar refractivity (Wildman–Crippen MR) is 116 cm³/mol. The smallest absolute Gasteiger partial charge is 0.279 e. The second-order valence-corrected chi connectivity index (χ2v) is 8.53. The van der Waals surface area contributed by atoms with Crippen LogP contribution in [0.5, 0.6) is 0 Å². The van der Waals surface area contributed by atoms with Gasteiger partial charge in [0.15, 0.2) is 11.6 Å². The number of hydrogen-bond acceptors (Lipinski definition) is 4. The number of thiazole rings is 1. The number of nitrogens with zero attached hydrogens (tertiary/aromatic N) is 1. The summed E-state index contributed by atoms with van der Waals surface area (Å²) in [7, 11) is 2.04. The molecular weight excluding hydrogens is 374 g/mol. The lowest BCUT2D eigenvalue weighted by Crippen LogP contribution is -3.10. The van der Waals surface area contributed by atoms with Crippen LogP contribution in [0.4, 0.5) is 5.69 Å². The molecule has 0 aliphatic rings. The molecule has 4 nitrogen and oxygen atoms in total.